The van der Waals surface area contributed by atoms with Crippen molar-refractivity contribution in [1.29, 1.82) is 0 Å². The van der Waals surface area contributed by atoms with Gasteiger partial charge in [0, 0.05) is 37.8 Å². The molecule has 1 saturated carbocycles. The minimum atomic E-state index is -3.27. The van der Waals surface area contributed by atoms with Gasteiger partial charge in [0.2, 0.25) is 21.8 Å². The maximum Gasteiger partial charge on any atom is 0.255 e. The van der Waals surface area contributed by atoms with E-state index in [4.69, 9.17) is 0 Å². The Morgan fingerprint density at radius 3 is 2.38 bits per heavy atom. The largest absolute Gasteiger partial charge is 0.345 e. The van der Waals surface area contributed by atoms with Crippen LogP contribution in [0.15, 0.2) is 24.3 Å². The van der Waals surface area contributed by atoms with Crippen LogP contribution in [0.4, 0.5) is 0 Å². The summed E-state index contributed by atoms with van der Waals surface area (Å²) in [6.45, 7) is 0.904. The number of rotatable bonds is 5. The molecule has 1 saturated heterocycles. The Kier molecular flexibility index (Phi) is 5.07. The Morgan fingerprint density at radius 1 is 1.10 bits per heavy atom. The van der Waals surface area contributed by atoms with Crippen LogP contribution < -0.4 is 5.32 Å². The van der Waals surface area contributed by atoms with Crippen LogP contribution in [-0.4, -0.2) is 85.3 Å². The summed E-state index contributed by atoms with van der Waals surface area (Å²) in [5.74, 6) is -0.758. The van der Waals surface area contributed by atoms with Gasteiger partial charge in [0.25, 0.3) is 5.91 Å². The number of amides is 3. The van der Waals surface area contributed by atoms with Crippen molar-refractivity contribution in [1.82, 2.24) is 19.4 Å². The van der Waals surface area contributed by atoms with E-state index in [1.54, 1.807) is 34.1 Å². The minimum absolute atomic E-state index is 0.0745. The zero-order valence-electron chi connectivity index (χ0n) is 16.2. The molecule has 1 aliphatic carbocycles. The summed E-state index contributed by atoms with van der Waals surface area (Å²) in [6, 6.07) is 6.46. The van der Waals surface area contributed by atoms with Crippen LogP contribution in [0.3, 0.4) is 0 Å². The molecule has 29 heavy (non-hydrogen) atoms. The highest BCUT2D eigenvalue weighted by atomic mass is 32.2. The zero-order valence-corrected chi connectivity index (χ0v) is 17.0. The topological polar surface area (TPSA) is 107 Å². The first-order valence-corrected chi connectivity index (χ1v) is 11.5. The lowest BCUT2D eigenvalue weighted by Gasteiger charge is -2.33. The number of nitrogens with zero attached hydrogens (tertiary/aromatic N) is 3. The van der Waals surface area contributed by atoms with Gasteiger partial charge in [-0.15, -0.1) is 0 Å². The number of piperazine rings is 1. The van der Waals surface area contributed by atoms with Crippen molar-refractivity contribution >= 4 is 27.7 Å². The predicted octanol–water partition coefficient (Wildman–Crippen LogP) is -0.434. The van der Waals surface area contributed by atoms with Gasteiger partial charge in [-0.25, -0.2) is 8.42 Å². The second-order valence-electron chi connectivity index (χ2n) is 7.69. The van der Waals surface area contributed by atoms with E-state index in [1.165, 1.54) is 4.31 Å². The van der Waals surface area contributed by atoms with Gasteiger partial charge in [0.05, 0.1) is 12.8 Å². The molecule has 2 aliphatic heterocycles. The minimum Gasteiger partial charge on any atom is -0.345 e. The van der Waals surface area contributed by atoms with E-state index >= 15 is 0 Å². The summed E-state index contributed by atoms with van der Waals surface area (Å²) < 4.78 is 24.5. The van der Waals surface area contributed by atoms with Crippen molar-refractivity contribution in [3.8, 4) is 0 Å². The molecule has 2 fully saturated rings. The lowest BCUT2D eigenvalue weighted by molar-refractivity contribution is -0.135. The molecule has 4 rings (SSSR count). The monoisotopic (exact) mass is 420 g/mol. The quantitative estimate of drug-likeness (QED) is 0.695. The average molecular weight is 420 g/mol. The standard InChI is InChI=1S/C19H24N4O5S/c1-29(27,28)22-10-8-21(9-11-22)16(24)12-20-18(25)17-14-4-2-3-5-15(14)19(26)23(17)13-6-7-13/h2-5,13,17H,6-12H2,1H3,(H,20,25). The van der Waals surface area contributed by atoms with Gasteiger partial charge in [-0.3, -0.25) is 14.4 Å². The molecule has 0 spiro atoms. The zero-order chi connectivity index (χ0) is 20.8. The number of carbonyl (C=O) groups excluding carboxylic acids is 3. The van der Waals surface area contributed by atoms with Gasteiger partial charge < -0.3 is 15.1 Å². The molecule has 1 N–H and O–H groups in total. The van der Waals surface area contributed by atoms with Crippen molar-refractivity contribution in [2.24, 2.45) is 0 Å². The van der Waals surface area contributed by atoms with Gasteiger partial charge in [-0.2, -0.15) is 4.31 Å². The van der Waals surface area contributed by atoms with Crippen LogP contribution in [0.25, 0.3) is 0 Å². The Labute approximate surface area is 169 Å². The predicted molar refractivity (Wildman–Crippen MR) is 104 cm³/mol. The first kappa shape index (κ1) is 19.8. The van der Waals surface area contributed by atoms with Crippen LogP contribution in [0, 0.1) is 0 Å². The van der Waals surface area contributed by atoms with E-state index in [0.717, 1.165) is 19.1 Å². The van der Waals surface area contributed by atoms with Crippen molar-refractivity contribution in [3.05, 3.63) is 35.4 Å². The Balaban J connectivity index is 1.38. The maximum absolute atomic E-state index is 12.9. The number of nitrogens with one attached hydrogen (secondary N) is 1. The Hall–Kier alpha value is -2.46. The molecule has 0 aromatic heterocycles. The fraction of sp³-hybridized carbons (Fsp3) is 0.526. The molecule has 3 amide bonds. The van der Waals surface area contributed by atoms with E-state index in [2.05, 4.69) is 5.32 Å². The molecule has 10 heteroatoms. The number of hydrogen-bond acceptors (Lipinski definition) is 5. The molecule has 2 heterocycles. The smallest absolute Gasteiger partial charge is 0.255 e. The lowest BCUT2D eigenvalue weighted by Crippen LogP contribution is -2.52. The van der Waals surface area contributed by atoms with E-state index in [9.17, 15) is 22.8 Å². The fourth-order valence-corrected chi connectivity index (χ4v) is 4.80. The van der Waals surface area contributed by atoms with Gasteiger partial charge >= 0.3 is 0 Å². The summed E-state index contributed by atoms with van der Waals surface area (Å²) in [5, 5.41) is 2.68. The van der Waals surface area contributed by atoms with Crippen molar-refractivity contribution < 1.29 is 22.8 Å². The summed E-state index contributed by atoms with van der Waals surface area (Å²) in [5.41, 5.74) is 1.22. The second-order valence-corrected chi connectivity index (χ2v) is 9.68. The van der Waals surface area contributed by atoms with Crippen LogP contribution >= 0.6 is 0 Å². The molecule has 3 aliphatic rings. The molecular formula is C19H24N4O5S. The maximum atomic E-state index is 12.9. The highest BCUT2D eigenvalue weighted by Crippen LogP contribution is 2.41. The highest BCUT2D eigenvalue weighted by molar-refractivity contribution is 7.88. The summed E-state index contributed by atoms with van der Waals surface area (Å²) in [6.07, 6.45) is 2.91. The van der Waals surface area contributed by atoms with Crippen LogP contribution in [0.2, 0.25) is 0 Å². The lowest BCUT2D eigenvalue weighted by atomic mass is 10.0. The van der Waals surface area contributed by atoms with E-state index in [-0.39, 0.29) is 43.4 Å². The Bertz CT molecular complexity index is 951. The summed E-state index contributed by atoms with van der Waals surface area (Å²) in [4.78, 5) is 41.3. The normalized spacial score (nSPS) is 22.5. The van der Waals surface area contributed by atoms with Gasteiger partial charge in [0.15, 0.2) is 0 Å². The molecule has 1 atom stereocenters. The highest BCUT2D eigenvalue weighted by Gasteiger charge is 2.47. The molecular weight excluding hydrogens is 396 g/mol. The van der Waals surface area contributed by atoms with Gasteiger partial charge in [0.1, 0.15) is 6.04 Å². The third-order valence-electron chi connectivity index (χ3n) is 5.66. The number of benzene rings is 1. The van der Waals surface area contributed by atoms with Gasteiger partial charge in [-0.1, -0.05) is 18.2 Å². The first-order valence-electron chi connectivity index (χ1n) is 9.69. The van der Waals surface area contributed by atoms with Gasteiger partial charge in [-0.05, 0) is 24.5 Å². The van der Waals surface area contributed by atoms with E-state index < -0.39 is 16.1 Å². The average Bonchev–Trinajstić information content (AvgIpc) is 3.49. The summed E-state index contributed by atoms with van der Waals surface area (Å²) >= 11 is 0. The fourth-order valence-electron chi connectivity index (χ4n) is 3.97. The number of carbonyl (C=O) groups is 3. The molecule has 1 aromatic rings. The number of sulfonamides is 1. The molecule has 1 aromatic carbocycles. The number of hydrogen-bond donors (Lipinski definition) is 1. The third-order valence-corrected chi connectivity index (χ3v) is 6.96. The Morgan fingerprint density at radius 2 is 1.76 bits per heavy atom. The summed E-state index contributed by atoms with van der Waals surface area (Å²) in [7, 11) is -3.27. The molecule has 0 bridgehead atoms. The van der Waals surface area contributed by atoms with Crippen LogP contribution in [0.5, 0.6) is 0 Å². The van der Waals surface area contributed by atoms with Crippen LogP contribution in [-0.2, 0) is 19.6 Å². The van der Waals surface area contributed by atoms with Crippen molar-refractivity contribution in [3.63, 3.8) is 0 Å². The second kappa shape index (κ2) is 7.42. The van der Waals surface area contributed by atoms with Crippen LogP contribution in [0.1, 0.15) is 34.8 Å². The molecule has 0 radical (unpaired) electrons. The number of fused-ring (bicyclic) bond motifs is 1. The first-order chi connectivity index (χ1) is 13.8. The SMILES string of the molecule is CS(=O)(=O)N1CCN(C(=O)CNC(=O)C2c3ccccc3C(=O)N2C2CC2)CC1. The molecule has 156 valence electrons. The van der Waals surface area contributed by atoms with E-state index in [1.807, 2.05) is 0 Å². The van der Waals surface area contributed by atoms with E-state index in [0.29, 0.717) is 24.2 Å². The van der Waals surface area contributed by atoms with Crippen molar-refractivity contribution in [2.45, 2.75) is 24.9 Å². The third kappa shape index (κ3) is 3.86. The molecule has 1 unspecified atom stereocenters. The molecule has 9 nitrogen and oxygen atoms in total. The van der Waals surface area contributed by atoms with Crippen molar-refractivity contribution in [2.75, 3.05) is 39.0 Å².